The number of hydrogen-bond donors (Lipinski definition) is 0. The zero-order valence-electron chi connectivity index (χ0n) is 32.7. The zero-order chi connectivity index (χ0) is 34.1. The summed E-state index contributed by atoms with van der Waals surface area (Å²) in [6.45, 7) is 14.3. The van der Waals surface area contributed by atoms with E-state index in [1.54, 1.807) is 33.0 Å². The van der Waals surface area contributed by atoms with Crippen LogP contribution in [0, 0.1) is 0 Å². The van der Waals surface area contributed by atoms with E-state index in [1.807, 2.05) is 33.4 Å². The predicted octanol–water partition coefficient (Wildman–Crippen LogP) is 14.7. The molecule has 3 aromatic carbocycles. The van der Waals surface area contributed by atoms with Crippen LogP contribution in [0.3, 0.4) is 0 Å². The van der Waals surface area contributed by atoms with Gasteiger partial charge in [-0.1, -0.05) is 143 Å². The molecule has 0 saturated carbocycles. The topological polar surface area (TPSA) is 0 Å². The van der Waals surface area contributed by atoms with Gasteiger partial charge in [-0.15, -0.1) is 0 Å². The monoisotopic (exact) mass is 651 g/mol. The number of rotatable bonds is 24. The van der Waals surface area contributed by atoms with Crippen molar-refractivity contribution in [3.05, 3.63) is 79.9 Å². The molecule has 266 valence electrons. The first-order valence-corrected chi connectivity index (χ1v) is 21.4. The van der Waals surface area contributed by atoms with Gasteiger partial charge in [0.15, 0.2) is 0 Å². The standard InChI is InChI=1S/C48H74/c1-7-13-19-27-37-38(28-20-14-8-2)42(30-22-16-10-4)46-36-48-44(32-24-18-12-6)40-34-26-25-33-39(40)43(31-23-17-11-5)47(48)35-45(46)41(37)29-21-15-9-3/h25-26,33-34H,7-24,27-32,35-36H2,1-6H3. The summed E-state index contributed by atoms with van der Waals surface area (Å²) in [5.41, 5.74) is 17.9. The molecule has 0 heterocycles. The van der Waals surface area contributed by atoms with Crippen molar-refractivity contribution in [1.82, 2.24) is 0 Å². The van der Waals surface area contributed by atoms with Gasteiger partial charge < -0.3 is 0 Å². The first-order valence-electron chi connectivity index (χ1n) is 21.4. The van der Waals surface area contributed by atoms with Gasteiger partial charge in [-0.05, 0) is 156 Å². The van der Waals surface area contributed by atoms with E-state index in [2.05, 4.69) is 65.8 Å². The molecule has 0 nitrogen and oxygen atoms in total. The summed E-state index contributed by atoms with van der Waals surface area (Å²) in [6.07, 6.45) is 34.1. The summed E-state index contributed by atoms with van der Waals surface area (Å²) in [5, 5.41) is 3.16. The molecular formula is C48H74. The minimum atomic E-state index is 1.19. The van der Waals surface area contributed by atoms with Crippen LogP contribution in [0.1, 0.15) is 213 Å². The molecule has 0 spiro atoms. The first kappa shape index (κ1) is 38.7. The van der Waals surface area contributed by atoms with Crippen LogP contribution in [0.25, 0.3) is 10.8 Å². The molecule has 0 saturated heterocycles. The van der Waals surface area contributed by atoms with Crippen LogP contribution in [-0.2, 0) is 51.4 Å². The van der Waals surface area contributed by atoms with Gasteiger partial charge in [0.2, 0.25) is 0 Å². The molecule has 4 rings (SSSR count). The number of hydrogen-bond acceptors (Lipinski definition) is 0. The molecule has 0 bridgehead atoms. The van der Waals surface area contributed by atoms with E-state index in [0.29, 0.717) is 0 Å². The maximum Gasteiger partial charge on any atom is -0.00141 e. The molecule has 0 N–H and O–H groups in total. The Labute approximate surface area is 298 Å². The molecular weight excluding hydrogens is 577 g/mol. The Morgan fingerprint density at radius 2 is 0.562 bits per heavy atom. The summed E-state index contributed by atoms with van der Waals surface area (Å²) < 4.78 is 0. The lowest BCUT2D eigenvalue weighted by Crippen LogP contribution is -2.21. The summed E-state index contributed by atoms with van der Waals surface area (Å²) in [7, 11) is 0. The largest absolute Gasteiger partial charge is 0.0654 e. The molecule has 1 aliphatic rings. The Bertz CT molecular complexity index is 1280. The molecule has 0 aliphatic heterocycles. The quantitative estimate of drug-likeness (QED) is 0.0662. The van der Waals surface area contributed by atoms with E-state index >= 15 is 0 Å². The molecule has 3 aromatic rings. The highest BCUT2D eigenvalue weighted by atomic mass is 14.3. The minimum absolute atomic E-state index is 1.19. The fourth-order valence-electron chi connectivity index (χ4n) is 9.09. The minimum Gasteiger partial charge on any atom is -0.0654 e. The predicted molar refractivity (Wildman–Crippen MR) is 215 cm³/mol. The lowest BCUT2D eigenvalue weighted by molar-refractivity contribution is 0.657. The Kier molecular flexibility index (Phi) is 17.1. The van der Waals surface area contributed by atoms with Gasteiger partial charge in [0.25, 0.3) is 0 Å². The van der Waals surface area contributed by atoms with Gasteiger partial charge in [-0.25, -0.2) is 0 Å². The maximum atomic E-state index is 2.49. The van der Waals surface area contributed by atoms with Crippen LogP contribution < -0.4 is 0 Å². The van der Waals surface area contributed by atoms with Gasteiger partial charge in [0.05, 0.1) is 0 Å². The van der Waals surface area contributed by atoms with Crippen LogP contribution in [-0.4, -0.2) is 0 Å². The molecule has 0 unspecified atom stereocenters. The average Bonchev–Trinajstić information content (AvgIpc) is 3.10. The zero-order valence-corrected chi connectivity index (χ0v) is 32.7. The van der Waals surface area contributed by atoms with Crippen molar-refractivity contribution >= 4 is 10.8 Å². The normalized spacial score (nSPS) is 12.5. The van der Waals surface area contributed by atoms with E-state index in [4.69, 9.17) is 0 Å². The van der Waals surface area contributed by atoms with Gasteiger partial charge in [-0.3, -0.25) is 0 Å². The summed E-state index contributed by atoms with van der Waals surface area (Å²) >= 11 is 0. The number of fused-ring (bicyclic) bond motifs is 3. The SMILES string of the molecule is CCCCCc1c(CCCCC)c(CCCCC)c2c(c1CCCCC)Cc1c(c(CCCCC)c3ccccc3c1CCCCC)C2. The highest BCUT2D eigenvalue weighted by molar-refractivity contribution is 5.92. The van der Waals surface area contributed by atoms with Crippen LogP contribution in [0.2, 0.25) is 0 Å². The molecule has 0 aromatic heterocycles. The Balaban J connectivity index is 2.01. The van der Waals surface area contributed by atoms with Crippen molar-refractivity contribution in [3.8, 4) is 0 Å². The van der Waals surface area contributed by atoms with Gasteiger partial charge >= 0.3 is 0 Å². The van der Waals surface area contributed by atoms with Crippen molar-refractivity contribution in [1.29, 1.82) is 0 Å². The summed E-state index contributed by atoms with van der Waals surface area (Å²) in [5.74, 6) is 0. The highest BCUT2D eigenvalue weighted by Gasteiger charge is 2.30. The molecule has 0 atom stereocenters. The third-order valence-corrected chi connectivity index (χ3v) is 11.7. The van der Waals surface area contributed by atoms with Crippen LogP contribution in [0.15, 0.2) is 24.3 Å². The van der Waals surface area contributed by atoms with E-state index in [1.165, 1.54) is 167 Å². The lowest BCUT2D eigenvalue weighted by Gasteiger charge is -2.34. The molecule has 48 heavy (non-hydrogen) atoms. The van der Waals surface area contributed by atoms with Gasteiger partial charge in [-0.2, -0.15) is 0 Å². The van der Waals surface area contributed by atoms with E-state index in [9.17, 15) is 0 Å². The number of benzene rings is 3. The summed E-state index contributed by atoms with van der Waals surface area (Å²) in [4.78, 5) is 0. The molecule has 0 heteroatoms. The second-order valence-electron chi connectivity index (χ2n) is 15.4. The average molecular weight is 651 g/mol. The highest BCUT2D eigenvalue weighted by Crippen LogP contribution is 2.44. The third-order valence-electron chi connectivity index (χ3n) is 11.7. The third kappa shape index (κ3) is 9.79. The smallest absolute Gasteiger partial charge is 0.00141 e. The molecule has 0 radical (unpaired) electrons. The fourth-order valence-corrected chi connectivity index (χ4v) is 9.09. The second kappa shape index (κ2) is 21.2. The van der Waals surface area contributed by atoms with Crippen molar-refractivity contribution < 1.29 is 0 Å². The lowest BCUT2D eigenvalue weighted by atomic mass is 9.70. The number of unbranched alkanes of at least 4 members (excludes halogenated alkanes) is 12. The van der Waals surface area contributed by atoms with Crippen LogP contribution in [0.4, 0.5) is 0 Å². The molecule has 1 aliphatic carbocycles. The van der Waals surface area contributed by atoms with Gasteiger partial charge in [0, 0.05) is 0 Å². The van der Waals surface area contributed by atoms with Gasteiger partial charge in [0.1, 0.15) is 0 Å². The van der Waals surface area contributed by atoms with E-state index in [0.717, 1.165) is 0 Å². The van der Waals surface area contributed by atoms with E-state index in [-0.39, 0.29) is 0 Å². The van der Waals surface area contributed by atoms with Crippen molar-refractivity contribution in [2.24, 2.45) is 0 Å². The Morgan fingerprint density at radius 1 is 0.312 bits per heavy atom. The van der Waals surface area contributed by atoms with Crippen molar-refractivity contribution in [2.75, 3.05) is 0 Å². The number of aryl methyl sites for hydroxylation is 2. The molecule has 0 fully saturated rings. The fraction of sp³-hybridized carbons (Fsp3) is 0.667. The van der Waals surface area contributed by atoms with Crippen molar-refractivity contribution in [2.45, 2.75) is 208 Å². The summed E-state index contributed by atoms with van der Waals surface area (Å²) in [6, 6.07) is 9.62. The maximum absolute atomic E-state index is 2.49. The van der Waals surface area contributed by atoms with Crippen LogP contribution >= 0.6 is 0 Å². The van der Waals surface area contributed by atoms with E-state index < -0.39 is 0 Å². The van der Waals surface area contributed by atoms with Crippen molar-refractivity contribution in [3.63, 3.8) is 0 Å². The Hall–Kier alpha value is -2.08. The van der Waals surface area contributed by atoms with Crippen LogP contribution in [0.5, 0.6) is 0 Å². The Morgan fingerprint density at radius 3 is 0.854 bits per heavy atom. The second-order valence-corrected chi connectivity index (χ2v) is 15.4. The first-order chi connectivity index (χ1) is 23.6. The molecule has 0 amide bonds.